The number of hydrogen-bond donors (Lipinski definition) is 3. The molecule has 2 aromatic carbocycles. The lowest BCUT2D eigenvalue weighted by Gasteiger charge is -2.36. The highest BCUT2D eigenvalue weighted by Crippen LogP contribution is 2.42. The third-order valence-electron chi connectivity index (χ3n) is 8.04. The smallest absolute Gasteiger partial charge is 0.399 e. The molecule has 0 bridgehead atoms. The molecule has 0 radical (unpaired) electrons. The normalized spacial score (nSPS) is 16.8. The minimum atomic E-state index is -3.27. The van der Waals surface area contributed by atoms with E-state index in [2.05, 4.69) is 33.0 Å². The molecule has 3 unspecified atom stereocenters. The van der Waals surface area contributed by atoms with Crippen molar-refractivity contribution in [3.05, 3.63) is 53.6 Å². The molecule has 248 valence electrons. The molecular formula is C34H56NO7PSi. The number of hydrogen-bond acceptors (Lipinski definition) is 7. The number of ether oxygens (including phenoxy) is 2. The highest BCUT2D eigenvalue weighted by atomic mass is 31.2. The number of unbranched alkanes of at least 4 members (excludes halogenated alkanes) is 5. The number of aliphatic hydroxyl groups is 1. The molecule has 0 amide bonds. The summed E-state index contributed by atoms with van der Waals surface area (Å²) in [5, 5.41) is 13.9. The zero-order valence-corrected chi connectivity index (χ0v) is 29.3. The minimum absolute atomic E-state index is 0.139. The lowest BCUT2D eigenvalue weighted by atomic mass is 10.1. The summed E-state index contributed by atoms with van der Waals surface area (Å²) in [5.41, 5.74) is 2.12. The van der Waals surface area contributed by atoms with Crippen LogP contribution < -0.4 is 19.2 Å². The van der Waals surface area contributed by atoms with Crippen molar-refractivity contribution in [1.29, 1.82) is 0 Å². The van der Waals surface area contributed by atoms with Gasteiger partial charge >= 0.3 is 8.56 Å². The quantitative estimate of drug-likeness (QED) is 0.0675. The SMILES string of the molecule is CCCCCCP(=O)(O)COc1ccc(CC(C)NCC(O)COc2ccc3c(c2)CO[Si](CCCC)(CCCC)O3)cc1. The summed E-state index contributed by atoms with van der Waals surface area (Å²) in [4.78, 5) is 10.2. The van der Waals surface area contributed by atoms with E-state index in [-0.39, 0.29) is 19.0 Å². The lowest BCUT2D eigenvalue weighted by molar-refractivity contribution is 0.104. The molecule has 3 N–H and O–H groups in total. The van der Waals surface area contributed by atoms with Crippen LogP contribution in [0.25, 0.3) is 0 Å². The molecule has 2 aromatic rings. The molecule has 0 spiro atoms. The van der Waals surface area contributed by atoms with E-state index < -0.39 is 22.0 Å². The van der Waals surface area contributed by atoms with Crippen LogP contribution in [-0.4, -0.2) is 56.4 Å². The summed E-state index contributed by atoms with van der Waals surface area (Å²) in [7, 11) is -5.48. The molecule has 1 aliphatic rings. The van der Waals surface area contributed by atoms with Crippen molar-refractivity contribution in [1.82, 2.24) is 5.32 Å². The highest BCUT2D eigenvalue weighted by molar-refractivity contribution is 7.57. The van der Waals surface area contributed by atoms with Gasteiger partial charge in [0.25, 0.3) is 0 Å². The van der Waals surface area contributed by atoms with Crippen LogP contribution >= 0.6 is 7.37 Å². The van der Waals surface area contributed by atoms with E-state index in [0.29, 0.717) is 30.8 Å². The van der Waals surface area contributed by atoms with Gasteiger partial charge in [-0.1, -0.05) is 77.8 Å². The Labute approximate surface area is 266 Å². The van der Waals surface area contributed by atoms with E-state index in [1.165, 1.54) is 0 Å². The van der Waals surface area contributed by atoms with Gasteiger partial charge in [0.15, 0.2) is 6.35 Å². The molecule has 0 aromatic heterocycles. The fraction of sp³-hybridized carbons (Fsp3) is 0.647. The first-order valence-corrected chi connectivity index (χ1v) is 21.0. The van der Waals surface area contributed by atoms with Gasteiger partial charge in [-0.3, -0.25) is 4.57 Å². The fourth-order valence-electron chi connectivity index (χ4n) is 5.32. The van der Waals surface area contributed by atoms with Crippen LogP contribution in [0.2, 0.25) is 12.1 Å². The standard InChI is InChI=1S/C34H56NO7PSi/c1-5-8-11-12-19-43(37,38)27-40-32-15-13-29(14-16-32)22-28(4)35-24-31(36)26-39-33-17-18-34-30(23-33)25-41-44(42-34,20-9-6-2)21-10-7-3/h13-18,23,28,31,35-36H,5-12,19-22,24-27H2,1-4H3,(H,37,38). The van der Waals surface area contributed by atoms with Crippen molar-refractivity contribution in [2.24, 2.45) is 0 Å². The molecule has 44 heavy (non-hydrogen) atoms. The van der Waals surface area contributed by atoms with Gasteiger partial charge in [-0.25, -0.2) is 0 Å². The Kier molecular flexibility index (Phi) is 15.8. The van der Waals surface area contributed by atoms with Crippen molar-refractivity contribution < 1.29 is 32.9 Å². The first-order valence-electron chi connectivity index (χ1n) is 16.7. The Morgan fingerprint density at radius 2 is 1.61 bits per heavy atom. The molecule has 0 aliphatic carbocycles. The monoisotopic (exact) mass is 649 g/mol. The van der Waals surface area contributed by atoms with Crippen LogP contribution in [0.1, 0.15) is 90.2 Å². The lowest BCUT2D eigenvalue weighted by Crippen LogP contribution is -2.47. The van der Waals surface area contributed by atoms with E-state index in [4.69, 9.17) is 18.3 Å². The van der Waals surface area contributed by atoms with Gasteiger partial charge < -0.3 is 33.6 Å². The van der Waals surface area contributed by atoms with E-state index in [0.717, 1.165) is 86.8 Å². The molecule has 3 atom stereocenters. The second kappa shape index (κ2) is 18.9. The number of aliphatic hydroxyl groups excluding tert-OH is 1. The fourth-order valence-corrected chi connectivity index (χ4v) is 10.1. The van der Waals surface area contributed by atoms with Gasteiger partial charge in [-0.15, -0.1) is 0 Å². The highest BCUT2D eigenvalue weighted by Gasteiger charge is 2.42. The Balaban J connectivity index is 1.38. The number of benzene rings is 2. The molecule has 1 aliphatic heterocycles. The van der Waals surface area contributed by atoms with Crippen LogP contribution in [0, 0.1) is 0 Å². The van der Waals surface area contributed by atoms with Gasteiger partial charge in [0.1, 0.15) is 30.0 Å². The predicted octanol–water partition coefficient (Wildman–Crippen LogP) is 7.79. The molecular weight excluding hydrogens is 593 g/mol. The van der Waals surface area contributed by atoms with Crippen LogP contribution in [0.4, 0.5) is 0 Å². The number of rotatable bonds is 22. The van der Waals surface area contributed by atoms with Crippen LogP contribution in [-0.2, 0) is 22.0 Å². The predicted molar refractivity (Wildman–Crippen MR) is 180 cm³/mol. The van der Waals surface area contributed by atoms with Gasteiger partial charge in [0, 0.05) is 36.4 Å². The Bertz CT molecular complexity index is 1140. The maximum atomic E-state index is 12.3. The molecule has 10 heteroatoms. The first-order chi connectivity index (χ1) is 21.2. The Hall–Kier alpha value is -1.87. The molecule has 8 nitrogen and oxygen atoms in total. The number of fused-ring (bicyclic) bond motifs is 1. The minimum Gasteiger partial charge on any atom is -0.520 e. The van der Waals surface area contributed by atoms with Crippen molar-refractivity contribution in [2.45, 2.75) is 116 Å². The Morgan fingerprint density at radius 3 is 2.30 bits per heavy atom. The molecule has 0 fully saturated rings. The van der Waals surface area contributed by atoms with E-state index in [9.17, 15) is 14.6 Å². The first kappa shape index (κ1) is 36.6. The van der Waals surface area contributed by atoms with E-state index in [1.807, 2.05) is 42.5 Å². The maximum Gasteiger partial charge on any atom is 0.399 e. The molecule has 3 rings (SSSR count). The maximum absolute atomic E-state index is 12.3. The zero-order chi connectivity index (χ0) is 31.8. The third kappa shape index (κ3) is 12.9. The second-order valence-electron chi connectivity index (χ2n) is 12.3. The second-order valence-corrected chi connectivity index (χ2v) is 18.0. The van der Waals surface area contributed by atoms with Crippen molar-refractivity contribution >= 4 is 15.9 Å². The Morgan fingerprint density at radius 1 is 0.932 bits per heavy atom. The molecule has 0 saturated carbocycles. The van der Waals surface area contributed by atoms with Crippen molar-refractivity contribution in [2.75, 3.05) is 25.7 Å². The zero-order valence-electron chi connectivity index (χ0n) is 27.4. The van der Waals surface area contributed by atoms with Gasteiger partial charge in [0.2, 0.25) is 7.37 Å². The van der Waals surface area contributed by atoms with Crippen molar-refractivity contribution in [3.8, 4) is 17.2 Å². The summed E-state index contributed by atoms with van der Waals surface area (Å²) in [6, 6.07) is 15.7. The van der Waals surface area contributed by atoms with Gasteiger partial charge in [-0.05, 0) is 55.7 Å². The van der Waals surface area contributed by atoms with Gasteiger partial charge in [0.05, 0.1) is 6.61 Å². The average Bonchev–Trinajstić information content (AvgIpc) is 3.02. The summed E-state index contributed by atoms with van der Waals surface area (Å²) in [6.45, 7) is 9.77. The summed E-state index contributed by atoms with van der Waals surface area (Å²) >= 11 is 0. The van der Waals surface area contributed by atoms with E-state index in [1.54, 1.807) is 0 Å². The molecule has 1 heterocycles. The van der Waals surface area contributed by atoms with Crippen LogP contribution in [0.15, 0.2) is 42.5 Å². The third-order valence-corrected chi connectivity index (χ3v) is 13.1. The summed E-state index contributed by atoms with van der Waals surface area (Å²) < 4.78 is 36.8. The topological polar surface area (TPSA) is 106 Å². The van der Waals surface area contributed by atoms with Crippen LogP contribution in [0.5, 0.6) is 17.2 Å². The van der Waals surface area contributed by atoms with Crippen molar-refractivity contribution in [3.63, 3.8) is 0 Å². The molecule has 0 saturated heterocycles. The number of nitrogens with one attached hydrogen (secondary N) is 1. The average molecular weight is 650 g/mol. The summed E-state index contributed by atoms with van der Waals surface area (Å²) in [5.74, 6) is 2.22. The van der Waals surface area contributed by atoms with Gasteiger partial charge in [-0.2, -0.15) is 0 Å². The van der Waals surface area contributed by atoms with Crippen LogP contribution in [0.3, 0.4) is 0 Å². The van der Waals surface area contributed by atoms with E-state index >= 15 is 0 Å². The summed E-state index contributed by atoms with van der Waals surface area (Å²) in [6.07, 6.45) is 8.75. The largest absolute Gasteiger partial charge is 0.520 e.